The SMILES string of the molecule is CC1(C)CC(Nc2cn[nH]c(=O)c2Cl)CC(C)(C)C1. The third-order valence-corrected chi connectivity index (χ3v) is 4.09. The Kier molecular flexibility index (Phi) is 3.65. The van der Waals surface area contributed by atoms with Crippen molar-refractivity contribution in [2.24, 2.45) is 10.8 Å². The number of halogens is 1. The monoisotopic (exact) mass is 283 g/mol. The second-order valence-corrected chi connectivity index (χ2v) is 7.56. The molecule has 0 aromatic carbocycles. The Hall–Kier alpha value is -1.03. The fourth-order valence-electron chi connectivity index (χ4n) is 3.65. The van der Waals surface area contributed by atoms with Crippen molar-refractivity contribution in [2.45, 2.75) is 53.0 Å². The van der Waals surface area contributed by atoms with Crippen molar-refractivity contribution in [2.75, 3.05) is 5.32 Å². The number of H-pyrrole nitrogens is 1. The van der Waals surface area contributed by atoms with E-state index in [4.69, 9.17) is 11.6 Å². The summed E-state index contributed by atoms with van der Waals surface area (Å²) in [7, 11) is 0. The van der Waals surface area contributed by atoms with Crippen LogP contribution in [0.1, 0.15) is 47.0 Å². The van der Waals surface area contributed by atoms with Crippen molar-refractivity contribution in [1.29, 1.82) is 0 Å². The molecule has 19 heavy (non-hydrogen) atoms. The molecule has 1 aromatic heterocycles. The molecule has 0 radical (unpaired) electrons. The number of anilines is 1. The number of hydrogen-bond acceptors (Lipinski definition) is 3. The molecule has 0 bridgehead atoms. The fraction of sp³-hybridized carbons (Fsp3) is 0.714. The summed E-state index contributed by atoms with van der Waals surface area (Å²) in [5.41, 5.74) is 0.867. The summed E-state index contributed by atoms with van der Waals surface area (Å²) in [4.78, 5) is 11.4. The first-order chi connectivity index (χ1) is 8.69. The third-order valence-electron chi connectivity index (χ3n) is 3.71. The highest BCUT2D eigenvalue weighted by Gasteiger charge is 2.38. The number of hydrogen-bond donors (Lipinski definition) is 2. The molecule has 1 fully saturated rings. The predicted molar refractivity (Wildman–Crippen MR) is 78.7 cm³/mol. The normalized spacial score (nSPS) is 22.2. The lowest BCUT2D eigenvalue weighted by atomic mass is 9.63. The molecule has 4 nitrogen and oxygen atoms in total. The van der Waals surface area contributed by atoms with Gasteiger partial charge in [0, 0.05) is 6.04 Å². The van der Waals surface area contributed by atoms with Gasteiger partial charge in [-0.15, -0.1) is 0 Å². The zero-order chi connectivity index (χ0) is 14.3. The molecule has 0 amide bonds. The molecule has 1 saturated carbocycles. The van der Waals surface area contributed by atoms with Crippen LogP contribution in [0.4, 0.5) is 5.69 Å². The average molecular weight is 284 g/mol. The molecule has 0 unspecified atom stereocenters. The summed E-state index contributed by atoms with van der Waals surface area (Å²) in [6, 6.07) is 0.319. The summed E-state index contributed by atoms with van der Waals surface area (Å²) in [6.07, 6.45) is 4.93. The Bertz CT molecular complexity index is 506. The van der Waals surface area contributed by atoms with E-state index in [1.807, 2.05) is 0 Å². The maximum atomic E-state index is 11.4. The quantitative estimate of drug-likeness (QED) is 0.874. The molecule has 0 spiro atoms. The van der Waals surface area contributed by atoms with Gasteiger partial charge in [0.1, 0.15) is 5.02 Å². The highest BCUT2D eigenvalue weighted by atomic mass is 35.5. The second kappa shape index (κ2) is 4.82. The molecule has 1 heterocycles. The van der Waals surface area contributed by atoms with Crippen LogP contribution in [0.15, 0.2) is 11.0 Å². The molecule has 0 atom stereocenters. The first kappa shape index (κ1) is 14.4. The largest absolute Gasteiger partial charge is 0.380 e. The van der Waals surface area contributed by atoms with E-state index in [2.05, 4.69) is 43.2 Å². The Morgan fingerprint density at radius 2 is 1.89 bits per heavy atom. The summed E-state index contributed by atoms with van der Waals surface area (Å²) < 4.78 is 0. The van der Waals surface area contributed by atoms with Crippen molar-refractivity contribution in [1.82, 2.24) is 10.2 Å². The molecule has 1 aliphatic carbocycles. The number of nitrogens with zero attached hydrogens (tertiary/aromatic N) is 1. The predicted octanol–water partition coefficient (Wildman–Crippen LogP) is 3.44. The smallest absolute Gasteiger partial charge is 0.285 e. The molecule has 1 aliphatic rings. The summed E-state index contributed by atoms with van der Waals surface area (Å²) in [5, 5.41) is 9.71. The first-order valence-electron chi connectivity index (χ1n) is 6.68. The van der Waals surface area contributed by atoms with Gasteiger partial charge in [0.05, 0.1) is 11.9 Å². The van der Waals surface area contributed by atoms with Crippen molar-refractivity contribution in [3.05, 3.63) is 21.6 Å². The zero-order valence-corrected chi connectivity index (χ0v) is 12.8. The van der Waals surface area contributed by atoms with Crippen molar-refractivity contribution in [3.8, 4) is 0 Å². The molecule has 5 heteroatoms. The van der Waals surface area contributed by atoms with Gasteiger partial charge in [-0.1, -0.05) is 39.3 Å². The van der Waals surface area contributed by atoms with Gasteiger partial charge in [-0.2, -0.15) is 5.10 Å². The van der Waals surface area contributed by atoms with E-state index in [0.717, 1.165) is 12.8 Å². The maximum absolute atomic E-state index is 11.4. The van der Waals surface area contributed by atoms with Crippen LogP contribution in [-0.4, -0.2) is 16.2 Å². The van der Waals surface area contributed by atoms with Crippen LogP contribution in [0.2, 0.25) is 5.02 Å². The Morgan fingerprint density at radius 1 is 1.32 bits per heavy atom. The van der Waals surface area contributed by atoms with E-state index < -0.39 is 0 Å². The van der Waals surface area contributed by atoms with Gasteiger partial charge in [-0.25, -0.2) is 5.10 Å². The van der Waals surface area contributed by atoms with Crippen LogP contribution in [0, 0.1) is 10.8 Å². The van der Waals surface area contributed by atoms with Crippen molar-refractivity contribution < 1.29 is 0 Å². The van der Waals surface area contributed by atoms with Gasteiger partial charge in [0.2, 0.25) is 0 Å². The van der Waals surface area contributed by atoms with Crippen molar-refractivity contribution in [3.63, 3.8) is 0 Å². The van der Waals surface area contributed by atoms with Crippen LogP contribution in [0.3, 0.4) is 0 Å². The Morgan fingerprint density at radius 3 is 2.47 bits per heavy atom. The van der Waals surface area contributed by atoms with Gasteiger partial charge < -0.3 is 5.32 Å². The van der Waals surface area contributed by atoms with Gasteiger partial charge in [0.25, 0.3) is 5.56 Å². The van der Waals surface area contributed by atoms with E-state index in [1.54, 1.807) is 6.20 Å². The first-order valence-corrected chi connectivity index (χ1v) is 7.06. The van der Waals surface area contributed by atoms with E-state index in [0.29, 0.717) is 22.6 Å². The fourth-order valence-corrected chi connectivity index (χ4v) is 3.80. The minimum Gasteiger partial charge on any atom is -0.380 e. The van der Waals surface area contributed by atoms with Crippen LogP contribution in [0.5, 0.6) is 0 Å². The van der Waals surface area contributed by atoms with E-state index in [-0.39, 0.29) is 10.6 Å². The summed E-state index contributed by atoms with van der Waals surface area (Å²) in [6.45, 7) is 9.17. The second-order valence-electron chi connectivity index (χ2n) is 7.18. The number of aromatic nitrogens is 2. The third kappa shape index (κ3) is 3.50. The van der Waals surface area contributed by atoms with Crippen LogP contribution < -0.4 is 10.9 Å². The van der Waals surface area contributed by atoms with Crippen LogP contribution >= 0.6 is 11.6 Å². The van der Waals surface area contributed by atoms with E-state index >= 15 is 0 Å². The number of nitrogens with one attached hydrogen (secondary N) is 2. The van der Waals surface area contributed by atoms with E-state index in [1.165, 1.54) is 6.42 Å². The molecule has 2 rings (SSSR count). The summed E-state index contributed by atoms with van der Waals surface area (Å²) >= 11 is 6.01. The van der Waals surface area contributed by atoms with Crippen molar-refractivity contribution >= 4 is 17.3 Å². The molecular formula is C14H22ClN3O. The molecule has 2 N–H and O–H groups in total. The highest BCUT2D eigenvalue weighted by molar-refractivity contribution is 6.32. The minimum atomic E-state index is -0.346. The molecule has 0 aliphatic heterocycles. The molecule has 106 valence electrons. The standard InChI is InChI=1S/C14H22ClN3O/c1-13(2)5-9(6-14(3,4)8-13)17-10-7-16-18-12(19)11(10)15/h7,9H,5-6,8H2,1-4H3,(H2,17,18,19). The number of rotatable bonds is 2. The zero-order valence-electron chi connectivity index (χ0n) is 12.0. The molecule has 0 saturated heterocycles. The van der Waals surface area contributed by atoms with Crippen LogP contribution in [-0.2, 0) is 0 Å². The van der Waals surface area contributed by atoms with Crippen LogP contribution in [0.25, 0.3) is 0 Å². The lowest BCUT2D eigenvalue weighted by Crippen LogP contribution is -2.40. The minimum absolute atomic E-state index is 0.191. The lowest BCUT2D eigenvalue weighted by molar-refractivity contribution is 0.105. The summed E-state index contributed by atoms with van der Waals surface area (Å²) in [5.74, 6) is 0. The Labute approximate surface area is 118 Å². The van der Waals surface area contributed by atoms with Gasteiger partial charge in [0.15, 0.2) is 0 Å². The molecular weight excluding hydrogens is 262 g/mol. The number of aromatic amines is 1. The topological polar surface area (TPSA) is 57.8 Å². The highest BCUT2D eigenvalue weighted by Crippen LogP contribution is 2.46. The van der Waals surface area contributed by atoms with Gasteiger partial charge in [-0.3, -0.25) is 4.79 Å². The average Bonchev–Trinajstić information content (AvgIpc) is 2.20. The van der Waals surface area contributed by atoms with Gasteiger partial charge >= 0.3 is 0 Å². The maximum Gasteiger partial charge on any atom is 0.285 e. The van der Waals surface area contributed by atoms with Gasteiger partial charge in [-0.05, 0) is 30.1 Å². The van der Waals surface area contributed by atoms with E-state index in [9.17, 15) is 4.79 Å². The lowest BCUT2D eigenvalue weighted by Gasteiger charge is -2.45. The molecule has 1 aromatic rings. The Balaban J connectivity index is 2.19.